The zero-order valence-electron chi connectivity index (χ0n) is 10.6. The van der Waals surface area contributed by atoms with Crippen LogP contribution in [0, 0.1) is 6.92 Å². The van der Waals surface area contributed by atoms with Gasteiger partial charge in [0.25, 0.3) is 0 Å². The Labute approximate surface area is 126 Å². The Kier molecular flexibility index (Phi) is 4.59. The molecule has 0 atom stereocenters. The molecule has 0 spiro atoms. The van der Waals surface area contributed by atoms with Crippen LogP contribution in [0.1, 0.15) is 9.88 Å². The molecule has 2 aromatic rings. The summed E-state index contributed by atoms with van der Waals surface area (Å²) >= 11 is 7.27. The normalized spacial score (nSPS) is 11.7. The maximum Gasteiger partial charge on any atom is 0.244 e. The number of rotatable bonds is 5. The van der Waals surface area contributed by atoms with Crippen LogP contribution in [0.25, 0.3) is 0 Å². The third kappa shape index (κ3) is 3.66. The summed E-state index contributed by atoms with van der Waals surface area (Å²) in [5.74, 6) is -0.0769. The molecule has 0 aliphatic rings. The summed E-state index contributed by atoms with van der Waals surface area (Å²) in [6.45, 7) is 2.19. The summed E-state index contributed by atoms with van der Waals surface area (Å²) in [6, 6.07) is 1.28. The number of sulfonamides is 1. The van der Waals surface area contributed by atoms with Gasteiger partial charge in [0.1, 0.15) is 10.7 Å². The molecule has 0 fully saturated rings. The van der Waals surface area contributed by atoms with Gasteiger partial charge in [-0.2, -0.15) is 0 Å². The van der Waals surface area contributed by atoms with E-state index in [1.54, 1.807) is 6.20 Å². The minimum Gasteiger partial charge on any atom is -0.383 e. The van der Waals surface area contributed by atoms with Gasteiger partial charge in [0.05, 0.1) is 10.0 Å². The molecule has 0 saturated heterocycles. The van der Waals surface area contributed by atoms with Crippen molar-refractivity contribution >= 4 is 38.8 Å². The summed E-state index contributed by atoms with van der Waals surface area (Å²) < 4.78 is 26.6. The van der Waals surface area contributed by atoms with Crippen molar-refractivity contribution in [1.29, 1.82) is 0 Å². The number of pyridine rings is 1. The number of anilines is 1. The maximum absolute atomic E-state index is 12.1. The van der Waals surface area contributed by atoms with Gasteiger partial charge in [-0.3, -0.25) is 0 Å². The lowest BCUT2D eigenvalue weighted by Gasteiger charge is -2.08. The molecule has 108 valence electrons. The molecule has 2 aromatic heterocycles. The molecule has 0 aromatic carbocycles. The monoisotopic (exact) mass is 332 g/mol. The van der Waals surface area contributed by atoms with Gasteiger partial charge in [-0.25, -0.2) is 23.1 Å². The summed E-state index contributed by atoms with van der Waals surface area (Å²) in [4.78, 5) is 8.87. The summed E-state index contributed by atoms with van der Waals surface area (Å²) in [6.07, 6.45) is 3.58. The summed E-state index contributed by atoms with van der Waals surface area (Å²) in [7, 11) is -3.72. The second-order valence-corrected chi connectivity index (χ2v) is 7.54. The molecule has 2 rings (SSSR count). The molecule has 2 heterocycles. The second-order valence-electron chi connectivity index (χ2n) is 4.05. The van der Waals surface area contributed by atoms with Crippen LogP contribution in [0.2, 0.25) is 5.02 Å². The first-order valence-electron chi connectivity index (χ1n) is 5.70. The fraction of sp³-hybridized carbons (Fsp3) is 0.273. The number of aryl methyl sites for hydroxylation is 1. The van der Waals surface area contributed by atoms with E-state index in [4.69, 9.17) is 17.3 Å². The molecule has 0 saturated carbocycles. The highest BCUT2D eigenvalue weighted by Crippen LogP contribution is 2.20. The predicted molar refractivity (Wildman–Crippen MR) is 79.4 cm³/mol. The van der Waals surface area contributed by atoms with Crippen molar-refractivity contribution in [3.8, 4) is 0 Å². The van der Waals surface area contributed by atoms with Crippen molar-refractivity contribution in [2.75, 3.05) is 12.3 Å². The third-order valence-corrected chi connectivity index (χ3v) is 5.11. The highest BCUT2D eigenvalue weighted by Gasteiger charge is 2.18. The van der Waals surface area contributed by atoms with E-state index in [1.165, 1.54) is 23.6 Å². The molecule has 20 heavy (non-hydrogen) atoms. The summed E-state index contributed by atoms with van der Waals surface area (Å²) in [5.41, 5.74) is 5.56. The molecule has 3 N–H and O–H groups in total. The molecule has 0 aliphatic carbocycles. The quantitative estimate of drug-likeness (QED) is 0.866. The van der Waals surface area contributed by atoms with E-state index < -0.39 is 10.0 Å². The number of aromatic nitrogens is 2. The third-order valence-electron chi connectivity index (χ3n) is 2.44. The Morgan fingerprint density at radius 2 is 2.15 bits per heavy atom. The predicted octanol–water partition coefficient (Wildman–Crippen LogP) is 1.60. The number of nitrogens with zero attached hydrogens (tertiary/aromatic N) is 2. The van der Waals surface area contributed by atoms with E-state index >= 15 is 0 Å². The van der Waals surface area contributed by atoms with Crippen LogP contribution in [0.5, 0.6) is 0 Å². The Hall–Kier alpha value is -1.22. The number of hydrogen-bond donors (Lipinski definition) is 2. The van der Waals surface area contributed by atoms with Crippen molar-refractivity contribution in [3.63, 3.8) is 0 Å². The SMILES string of the molecule is Cc1cnc(CCNS(=O)(=O)c2cc(Cl)cnc2N)s1. The molecule has 0 aliphatic heterocycles. The van der Waals surface area contributed by atoms with E-state index in [9.17, 15) is 8.42 Å². The highest BCUT2D eigenvalue weighted by molar-refractivity contribution is 7.89. The van der Waals surface area contributed by atoms with Crippen LogP contribution >= 0.6 is 22.9 Å². The van der Waals surface area contributed by atoms with Crippen molar-refractivity contribution < 1.29 is 8.42 Å². The van der Waals surface area contributed by atoms with Crippen LogP contribution in [-0.4, -0.2) is 24.9 Å². The molecule has 0 bridgehead atoms. The molecule has 0 unspecified atom stereocenters. The van der Waals surface area contributed by atoms with Crippen molar-refractivity contribution in [3.05, 3.63) is 33.4 Å². The number of nitrogen functional groups attached to an aromatic ring is 1. The van der Waals surface area contributed by atoms with Gasteiger partial charge in [-0.05, 0) is 13.0 Å². The highest BCUT2D eigenvalue weighted by atomic mass is 35.5. The van der Waals surface area contributed by atoms with E-state index in [1.807, 2.05) is 6.92 Å². The molecule has 6 nitrogen and oxygen atoms in total. The lowest BCUT2D eigenvalue weighted by atomic mass is 10.5. The Bertz CT molecular complexity index is 715. The maximum atomic E-state index is 12.1. The van der Waals surface area contributed by atoms with Crippen LogP contribution in [0.4, 0.5) is 5.82 Å². The Morgan fingerprint density at radius 3 is 2.80 bits per heavy atom. The Balaban J connectivity index is 2.06. The number of nitrogens with two attached hydrogens (primary N) is 1. The average molecular weight is 333 g/mol. The zero-order chi connectivity index (χ0) is 14.8. The van der Waals surface area contributed by atoms with Crippen molar-refractivity contribution in [2.45, 2.75) is 18.2 Å². The van der Waals surface area contributed by atoms with Gasteiger partial charge in [-0.1, -0.05) is 11.6 Å². The first-order chi connectivity index (χ1) is 9.38. The van der Waals surface area contributed by atoms with Crippen molar-refractivity contribution in [2.24, 2.45) is 0 Å². The first-order valence-corrected chi connectivity index (χ1v) is 8.38. The number of nitrogens with one attached hydrogen (secondary N) is 1. The van der Waals surface area contributed by atoms with E-state index in [-0.39, 0.29) is 22.3 Å². The van der Waals surface area contributed by atoms with Crippen LogP contribution in [0.3, 0.4) is 0 Å². The molecule has 0 radical (unpaired) electrons. The van der Waals surface area contributed by atoms with Crippen LogP contribution in [0.15, 0.2) is 23.4 Å². The van der Waals surface area contributed by atoms with Gasteiger partial charge in [0, 0.05) is 30.2 Å². The summed E-state index contributed by atoms with van der Waals surface area (Å²) in [5, 5.41) is 1.09. The fourth-order valence-corrected chi connectivity index (χ4v) is 3.68. The van der Waals surface area contributed by atoms with Crippen LogP contribution < -0.4 is 10.5 Å². The minimum atomic E-state index is -3.72. The standard InChI is InChI=1S/C11H13ClN4O2S2/c1-7-5-14-10(19-7)2-3-16-20(17,18)9-4-8(12)6-15-11(9)13/h4-6,16H,2-3H2,1H3,(H2,13,15). The van der Waals surface area contributed by atoms with Crippen LogP contribution in [-0.2, 0) is 16.4 Å². The first kappa shape index (κ1) is 15.2. The van der Waals surface area contributed by atoms with Gasteiger partial charge < -0.3 is 5.73 Å². The Morgan fingerprint density at radius 1 is 1.40 bits per heavy atom. The van der Waals surface area contributed by atoms with Gasteiger partial charge >= 0.3 is 0 Å². The smallest absolute Gasteiger partial charge is 0.244 e. The fourth-order valence-electron chi connectivity index (χ4n) is 1.53. The molecule has 0 amide bonds. The average Bonchev–Trinajstić information content (AvgIpc) is 2.78. The number of thiazole rings is 1. The minimum absolute atomic E-state index is 0.0769. The lowest BCUT2D eigenvalue weighted by molar-refractivity contribution is 0.581. The molecular weight excluding hydrogens is 320 g/mol. The van der Waals surface area contributed by atoms with E-state index in [0.717, 1.165) is 9.88 Å². The van der Waals surface area contributed by atoms with Gasteiger partial charge in [-0.15, -0.1) is 11.3 Å². The largest absolute Gasteiger partial charge is 0.383 e. The van der Waals surface area contributed by atoms with E-state index in [0.29, 0.717) is 6.42 Å². The van der Waals surface area contributed by atoms with Gasteiger partial charge in [0.2, 0.25) is 10.0 Å². The lowest BCUT2D eigenvalue weighted by Crippen LogP contribution is -2.27. The van der Waals surface area contributed by atoms with Crippen molar-refractivity contribution in [1.82, 2.24) is 14.7 Å². The molecular formula is C11H13ClN4O2S2. The number of hydrogen-bond acceptors (Lipinski definition) is 6. The zero-order valence-corrected chi connectivity index (χ0v) is 13.0. The van der Waals surface area contributed by atoms with E-state index in [2.05, 4.69) is 14.7 Å². The number of halogens is 1. The second kappa shape index (κ2) is 6.04. The van der Waals surface area contributed by atoms with Gasteiger partial charge in [0.15, 0.2) is 0 Å². The molecule has 9 heteroatoms. The topological polar surface area (TPSA) is 98.0 Å².